The summed E-state index contributed by atoms with van der Waals surface area (Å²) in [5.74, 6) is 1.94. The van der Waals surface area contributed by atoms with E-state index >= 15 is 0 Å². The van der Waals surface area contributed by atoms with Crippen LogP contribution >= 0.6 is 0 Å². The number of aromatic hydroxyl groups is 1. The SMILES string of the molecule is CC1=CCc2cc3cc(-c4ccc(O)cc4)oc3cc2OC1. The summed E-state index contributed by atoms with van der Waals surface area (Å²) in [6.07, 6.45) is 3.09. The van der Waals surface area contributed by atoms with E-state index in [9.17, 15) is 5.11 Å². The molecule has 3 aromatic rings. The molecule has 2 aromatic carbocycles. The monoisotopic (exact) mass is 292 g/mol. The Labute approximate surface area is 128 Å². The molecular weight excluding hydrogens is 276 g/mol. The number of ether oxygens (including phenoxy) is 1. The summed E-state index contributed by atoms with van der Waals surface area (Å²) in [4.78, 5) is 0. The Balaban J connectivity index is 1.80. The van der Waals surface area contributed by atoms with Crippen molar-refractivity contribution in [3.63, 3.8) is 0 Å². The fourth-order valence-corrected chi connectivity index (χ4v) is 2.71. The molecule has 0 unspecified atom stereocenters. The van der Waals surface area contributed by atoms with Crippen molar-refractivity contribution >= 4 is 11.0 Å². The number of benzene rings is 2. The smallest absolute Gasteiger partial charge is 0.138 e. The van der Waals surface area contributed by atoms with Gasteiger partial charge in [0, 0.05) is 17.0 Å². The van der Waals surface area contributed by atoms with Crippen LogP contribution in [0.1, 0.15) is 12.5 Å². The molecule has 0 fully saturated rings. The first-order valence-electron chi connectivity index (χ1n) is 7.33. The first-order chi connectivity index (χ1) is 10.7. The predicted octanol–water partition coefficient (Wildman–Crippen LogP) is 4.69. The molecule has 1 N–H and O–H groups in total. The number of rotatable bonds is 1. The summed E-state index contributed by atoms with van der Waals surface area (Å²) < 4.78 is 11.8. The van der Waals surface area contributed by atoms with Gasteiger partial charge in [-0.2, -0.15) is 0 Å². The van der Waals surface area contributed by atoms with Gasteiger partial charge in [-0.25, -0.2) is 0 Å². The Morgan fingerprint density at radius 1 is 1.05 bits per heavy atom. The molecule has 1 aliphatic heterocycles. The largest absolute Gasteiger partial charge is 0.508 e. The maximum absolute atomic E-state index is 9.38. The normalized spacial score (nSPS) is 14.1. The van der Waals surface area contributed by atoms with Crippen molar-refractivity contribution in [1.82, 2.24) is 0 Å². The molecule has 0 radical (unpaired) electrons. The quantitative estimate of drug-likeness (QED) is 0.662. The highest BCUT2D eigenvalue weighted by Crippen LogP contribution is 2.34. The highest BCUT2D eigenvalue weighted by molar-refractivity contribution is 5.85. The third-order valence-corrected chi connectivity index (χ3v) is 3.98. The summed E-state index contributed by atoms with van der Waals surface area (Å²) in [7, 11) is 0. The third-order valence-electron chi connectivity index (χ3n) is 3.98. The average Bonchev–Trinajstić information content (AvgIpc) is 2.84. The molecule has 22 heavy (non-hydrogen) atoms. The Morgan fingerprint density at radius 3 is 2.68 bits per heavy atom. The lowest BCUT2D eigenvalue weighted by Crippen LogP contribution is -1.97. The molecule has 1 aromatic heterocycles. The molecule has 1 aliphatic rings. The fraction of sp³-hybridized carbons (Fsp3) is 0.158. The topological polar surface area (TPSA) is 42.6 Å². The van der Waals surface area contributed by atoms with Crippen LogP contribution in [0.25, 0.3) is 22.3 Å². The van der Waals surface area contributed by atoms with Crippen LogP contribution in [-0.2, 0) is 6.42 Å². The van der Waals surface area contributed by atoms with Crippen molar-refractivity contribution in [3.05, 3.63) is 59.7 Å². The highest BCUT2D eigenvalue weighted by Gasteiger charge is 2.13. The number of hydrogen-bond acceptors (Lipinski definition) is 3. The molecule has 110 valence electrons. The molecule has 0 spiro atoms. The van der Waals surface area contributed by atoms with Crippen molar-refractivity contribution in [3.8, 4) is 22.8 Å². The lowest BCUT2D eigenvalue weighted by atomic mass is 10.1. The van der Waals surface area contributed by atoms with Crippen LogP contribution in [0.15, 0.2) is 58.5 Å². The van der Waals surface area contributed by atoms with E-state index in [0.717, 1.165) is 34.5 Å². The zero-order valence-corrected chi connectivity index (χ0v) is 12.3. The third kappa shape index (κ3) is 2.25. The van der Waals surface area contributed by atoms with Crippen LogP contribution in [0.2, 0.25) is 0 Å². The zero-order valence-electron chi connectivity index (χ0n) is 12.3. The van der Waals surface area contributed by atoms with Crippen LogP contribution in [0.3, 0.4) is 0 Å². The first kappa shape index (κ1) is 13.0. The number of furan rings is 1. The number of phenolic OH excluding ortho intramolecular Hbond substituents is 1. The van der Waals surface area contributed by atoms with E-state index in [1.807, 2.05) is 24.3 Å². The van der Waals surface area contributed by atoms with Gasteiger partial charge in [-0.15, -0.1) is 0 Å². The van der Waals surface area contributed by atoms with Gasteiger partial charge >= 0.3 is 0 Å². The summed E-state index contributed by atoms with van der Waals surface area (Å²) in [6.45, 7) is 2.71. The minimum absolute atomic E-state index is 0.252. The molecule has 0 atom stereocenters. The summed E-state index contributed by atoms with van der Waals surface area (Å²) in [5, 5.41) is 10.5. The van der Waals surface area contributed by atoms with Crippen molar-refractivity contribution in [2.24, 2.45) is 0 Å². The summed E-state index contributed by atoms with van der Waals surface area (Å²) in [6, 6.07) is 13.2. The van der Waals surface area contributed by atoms with E-state index in [-0.39, 0.29) is 5.75 Å². The van der Waals surface area contributed by atoms with E-state index in [2.05, 4.69) is 19.1 Å². The van der Waals surface area contributed by atoms with Gasteiger partial charge in [0.25, 0.3) is 0 Å². The Kier molecular flexibility index (Phi) is 2.93. The molecule has 0 amide bonds. The summed E-state index contributed by atoms with van der Waals surface area (Å²) in [5.41, 5.74) is 4.20. The number of hydrogen-bond donors (Lipinski definition) is 1. The van der Waals surface area contributed by atoms with E-state index < -0.39 is 0 Å². The van der Waals surface area contributed by atoms with E-state index in [0.29, 0.717) is 6.61 Å². The maximum Gasteiger partial charge on any atom is 0.138 e. The van der Waals surface area contributed by atoms with Crippen LogP contribution in [0.4, 0.5) is 0 Å². The number of fused-ring (bicyclic) bond motifs is 2. The molecule has 3 heteroatoms. The van der Waals surface area contributed by atoms with Gasteiger partial charge in [0.05, 0.1) is 0 Å². The molecular formula is C19H16O3. The minimum Gasteiger partial charge on any atom is -0.508 e. The Hall–Kier alpha value is -2.68. The zero-order chi connectivity index (χ0) is 15.1. The van der Waals surface area contributed by atoms with Gasteiger partial charge in [-0.3, -0.25) is 0 Å². The van der Waals surface area contributed by atoms with Gasteiger partial charge in [-0.05, 0) is 60.9 Å². The predicted molar refractivity (Wildman–Crippen MR) is 86.3 cm³/mol. The van der Waals surface area contributed by atoms with Crippen molar-refractivity contribution in [2.45, 2.75) is 13.3 Å². The maximum atomic E-state index is 9.38. The first-order valence-corrected chi connectivity index (χ1v) is 7.33. The van der Waals surface area contributed by atoms with E-state index in [4.69, 9.17) is 9.15 Å². The van der Waals surface area contributed by atoms with Crippen molar-refractivity contribution in [1.29, 1.82) is 0 Å². The molecule has 0 bridgehead atoms. The molecule has 3 nitrogen and oxygen atoms in total. The van der Waals surface area contributed by atoms with Crippen molar-refractivity contribution < 1.29 is 14.3 Å². The molecule has 2 heterocycles. The van der Waals surface area contributed by atoms with Gasteiger partial charge in [0.2, 0.25) is 0 Å². The van der Waals surface area contributed by atoms with Gasteiger partial charge in [-0.1, -0.05) is 6.08 Å². The standard InChI is InChI=1S/C19H16O3/c1-12-2-3-14-8-15-9-18(13-4-6-16(20)7-5-13)22-19(15)10-17(14)21-11-12/h2,4-10,20H,3,11H2,1H3. The van der Waals surface area contributed by atoms with Crippen LogP contribution in [0.5, 0.6) is 11.5 Å². The summed E-state index contributed by atoms with van der Waals surface area (Å²) >= 11 is 0. The Morgan fingerprint density at radius 2 is 1.86 bits per heavy atom. The van der Waals surface area contributed by atoms with E-state index in [1.54, 1.807) is 12.1 Å². The van der Waals surface area contributed by atoms with Crippen LogP contribution in [0, 0.1) is 0 Å². The molecule has 0 saturated heterocycles. The minimum atomic E-state index is 0.252. The van der Waals surface area contributed by atoms with Crippen LogP contribution in [-0.4, -0.2) is 11.7 Å². The second-order valence-electron chi connectivity index (χ2n) is 5.70. The van der Waals surface area contributed by atoms with Crippen molar-refractivity contribution in [2.75, 3.05) is 6.61 Å². The van der Waals surface area contributed by atoms with Gasteiger partial charge in [0.15, 0.2) is 0 Å². The number of allylic oxidation sites excluding steroid dienone is 1. The second kappa shape index (κ2) is 4.95. The lowest BCUT2D eigenvalue weighted by Gasteiger charge is -2.06. The molecule has 0 aliphatic carbocycles. The molecule has 0 saturated carbocycles. The second-order valence-corrected chi connectivity index (χ2v) is 5.70. The van der Waals surface area contributed by atoms with Gasteiger partial charge < -0.3 is 14.3 Å². The van der Waals surface area contributed by atoms with Gasteiger partial charge in [0.1, 0.15) is 29.4 Å². The van der Waals surface area contributed by atoms with Crippen LogP contribution < -0.4 is 4.74 Å². The van der Waals surface area contributed by atoms with E-state index in [1.165, 1.54) is 11.1 Å². The fourth-order valence-electron chi connectivity index (χ4n) is 2.71. The highest BCUT2D eigenvalue weighted by atomic mass is 16.5. The Bertz CT molecular complexity index is 870. The number of phenols is 1. The molecule has 4 rings (SSSR count). The average molecular weight is 292 g/mol. The lowest BCUT2D eigenvalue weighted by molar-refractivity contribution is 0.352.